The molecule has 0 N–H and O–H groups in total. The van der Waals surface area contributed by atoms with Crippen LogP contribution in [0.1, 0.15) is 0 Å². The summed E-state index contributed by atoms with van der Waals surface area (Å²) in [5.74, 6) is 0. The van der Waals surface area contributed by atoms with Crippen molar-refractivity contribution in [1.82, 2.24) is 0 Å². The monoisotopic (exact) mass is 507 g/mol. The summed E-state index contributed by atoms with van der Waals surface area (Å²) in [5, 5.41) is 7.89. The molecule has 8 rings (SSSR count). The van der Waals surface area contributed by atoms with E-state index in [9.17, 15) is 0 Å². The van der Waals surface area contributed by atoms with Crippen LogP contribution in [0.4, 0.5) is 17.1 Å². The lowest BCUT2D eigenvalue weighted by atomic mass is 10.0. The molecule has 0 saturated carbocycles. The van der Waals surface area contributed by atoms with E-state index < -0.39 is 0 Å². The fourth-order valence-electron chi connectivity index (χ4n) is 5.58. The molecule has 8 aromatic rings. The van der Waals surface area contributed by atoms with Gasteiger partial charge < -0.3 is 4.90 Å². The van der Waals surface area contributed by atoms with E-state index in [-0.39, 0.29) is 0 Å². The largest absolute Gasteiger partial charge is 0.310 e. The van der Waals surface area contributed by atoms with Gasteiger partial charge in [0.2, 0.25) is 0 Å². The van der Waals surface area contributed by atoms with Gasteiger partial charge >= 0.3 is 0 Å². The molecule has 0 aliphatic rings. The minimum absolute atomic E-state index is 1.16. The average Bonchev–Trinajstić information content (AvgIpc) is 3.53. The summed E-state index contributed by atoms with van der Waals surface area (Å²) in [5.41, 5.74) is 3.55. The van der Waals surface area contributed by atoms with Crippen molar-refractivity contribution in [2.75, 3.05) is 4.90 Å². The molecular formula is C34H21NS2. The van der Waals surface area contributed by atoms with E-state index in [1.165, 1.54) is 62.5 Å². The van der Waals surface area contributed by atoms with Crippen LogP contribution in [0.3, 0.4) is 0 Å². The lowest BCUT2D eigenvalue weighted by Crippen LogP contribution is -2.10. The van der Waals surface area contributed by atoms with Crippen LogP contribution >= 0.6 is 22.7 Å². The Bertz CT molecular complexity index is 2100. The van der Waals surface area contributed by atoms with Gasteiger partial charge in [-0.3, -0.25) is 0 Å². The molecule has 0 aliphatic carbocycles. The maximum Gasteiger partial charge on any atom is 0.0554 e. The van der Waals surface area contributed by atoms with Crippen molar-refractivity contribution >= 4 is 90.9 Å². The number of rotatable bonds is 3. The zero-order valence-electron chi connectivity index (χ0n) is 19.9. The van der Waals surface area contributed by atoms with Crippen molar-refractivity contribution in [3.8, 4) is 0 Å². The summed E-state index contributed by atoms with van der Waals surface area (Å²) in [7, 11) is 0. The molecule has 6 aromatic carbocycles. The first kappa shape index (κ1) is 21.0. The van der Waals surface area contributed by atoms with Crippen LogP contribution in [0.15, 0.2) is 127 Å². The fourth-order valence-corrected chi connectivity index (χ4v) is 7.92. The van der Waals surface area contributed by atoms with Gasteiger partial charge in [-0.2, -0.15) is 0 Å². The van der Waals surface area contributed by atoms with Crippen molar-refractivity contribution in [3.05, 3.63) is 127 Å². The molecule has 0 unspecified atom stereocenters. The predicted molar refractivity (Wildman–Crippen MR) is 164 cm³/mol. The number of hydrogen-bond donors (Lipinski definition) is 0. The molecule has 0 aliphatic heterocycles. The van der Waals surface area contributed by atoms with Gasteiger partial charge in [0, 0.05) is 51.7 Å². The third-order valence-corrected chi connectivity index (χ3v) is 9.59. The molecule has 174 valence electrons. The first-order valence-electron chi connectivity index (χ1n) is 12.4. The number of benzene rings is 6. The Morgan fingerprint density at radius 1 is 0.432 bits per heavy atom. The maximum absolute atomic E-state index is 2.42. The van der Waals surface area contributed by atoms with Gasteiger partial charge in [0.15, 0.2) is 0 Å². The number of hydrogen-bond acceptors (Lipinski definition) is 3. The predicted octanol–water partition coefficient (Wildman–Crippen LogP) is 11.0. The van der Waals surface area contributed by atoms with Crippen LogP contribution in [-0.2, 0) is 0 Å². The van der Waals surface area contributed by atoms with E-state index in [4.69, 9.17) is 0 Å². The molecule has 2 aromatic heterocycles. The molecule has 37 heavy (non-hydrogen) atoms. The van der Waals surface area contributed by atoms with Crippen molar-refractivity contribution in [3.63, 3.8) is 0 Å². The number of fused-ring (bicyclic) bond motifs is 8. The van der Waals surface area contributed by atoms with Crippen molar-refractivity contribution in [2.24, 2.45) is 0 Å². The van der Waals surface area contributed by atoms with Crippen molar-refractivity contribution in [2.45, 2.75) is 0 Å². The Morgan fingerprint density at radius 2 is 1.19 bits per heavy atom. The van der Waals surface area contributed by atoms with Crippen LogP contribution in [0, 0.1) is 0 Å². The number of anilines is 3. The van der Waals surface area contributed by atoms with E-state index in [0.29, 0.717) is 0 Å². The standard InChI is InChI=1S/C34H21NS2/c1-2-10-23(11-3-1)35(29-14-8-16-32-33(29)27-13-6-7-15-30(27)36-32)24-18-20-31-28(21-24)26-19-17-22-9-4-5-12-25(22)34(26)37-31/h1-21H. The SMILES string of the molecule is c1ccc(N(c2ccc3sc4c5ccccc5ccc4c3c2)c2cccc3sc4ccccc4c23)cc1. The Balaban J connectivity index is 1.43. The normalized spacial score (nSPS) is 11.8. The highest BCUT2D eigenvalue weighted by Crippen LogP contribution is 2.46. The van der Waals surface area contributed by atoms with E-state index >= 15 is 0 Å². The molecule has 2 heterocycles. The second kappa shape index (κ2) is 8.17. The Labute approximate surface area is 222 Å². The molecule has 0 saturated heterocycles. The highest BCUT2D eigenvalue weighted by molar-refractivity contribution is 7.26. The molecule has 1 nitrogen and oxygen atoms in total. The molecular weight excluding hydrogens is 487 g/mol. The van der Waals surface area contributed by atoms with Crippen LogP contribution in [0.25, 0.3) is 51.1 Å². The Hall–Kier alpha value is -4.18. The zero-order chi connectivity index (χ0) is 24.3. The minimum Gasteiger partial charge on any atom is -0.310 e. The topological polar surface area (TPSA) is 3.24 Å². The van der Waals surface area contributed by atoms with Gasteiger partial charge in [0.25, 0.3) is 0 Å². The van der Waals surface area contributed by atoms with Gasteiger partial charge in [-0.15, -0.1) is 22.7 Å². The van der Waals surface area contributed by atoms with E-state index in [1.807, 2.05) is 22.7 Å². The minimum atomic E-state index is 1.16. The van der Waals surface area contributed by atoms with Crippen LogP contribution < -0.4 is 4.90 Å². The van der Waals surface area contributed by atoms with Crippen LogP contribution in [0.5, 0.6) is 0 Å². The molecule has 0 radical (unpaired) electrons. The van der Waals surface area contributed by atoms with Crippen LogP contribution in [0.2, 0.25) is 0 Å². The number of para-hydroxylation sites is 1. The Morgan fingerprint density at radius 3 is 2.11 bits per heavy atom. The second-order valence-corrected chi connectivity index (χ2v) is 11.5. The van der Waals surface area contributed by atoms with Crippen LogP contribution in [-0.4, -0.2) is 0 Å². The highest BCUT2D eigenvalue weighted by Gasteiger charge is 2.19. The van der Waals surface area contributed by atoms with Crippen molar-refractivity contribution in [1.29, 1.82) is 0 Å². The first-order valence-corrected chi connectivity index (χ1v) is 14.1. The quantitative estimate of drug-likeness (QED) is 0.230. The van der Waals surface area contributed by atoms with Gasteiger partial charge in [0.05, 0.1) is 5.69 Å². The third kappa shape index (κ3) is 3.21. The number of nitrogens with zero attached hydrogens (tertiary/aromatic N) is 1. The zero-order valence-corrected chi connectivity index (χ0v) is 21.5. The molecule has 0 spiro atoms. The third-order valence-electron chi connectivity index (χ3n) is 7.24. The fraction of sp³-hybridized carbons (Fsp3) is 0. The van der Waals surface area contributed by atoms with Gasteiger partial charge in [0.1, 0.15) is 0 Å². The summed E-state index contributed by atoms with van der Waals surface area (Å²) in [6.45, 7) is 0. The van der Waals surface area contributed by atoms with Gasteiger partial charge in [-0.1, -0.05) is 78.9 Å². The number of thiophene rings is 2. The lowest BCUT2D eigenvalue weighted by Gasteiger charge is -2.26. The summed E-state index contributed by atoms with van der Waals surface area (Å²) >= 11 is 3.76. The average molecular weight is 508 g/mol. The summed E-state index contributed by atoms with van der Waals surface area (Å²) in [4.78, 5) is 2.42. The summed E-state index contributed by atoms with van der Waals surface area (Å²) in [6.07, 6.45) is 0. The molecule has 0 fully saturated rings. The molecule has 3 heteroatoms. The lowest BCUT2D eigenvalue weighted by molar-refractivity contribution is 1.31. The van der Waals surface area contributed by atoms with Gasteiger partial charge in [-0.05, 0) is 59.3 Å². The van der Waals surface area contributed by atoms with E-state index in [0.717, 1.165) is 5.69 Å². The highest BCUT2D eigenvalue weighted by atomic mass is 32.1. The van der Waals surface area contributed by atoms with E-state index in [2.05, 4.69) is 132 Å². The smallest absolute Gasteiger partial charge is 0.0554 e. The molecule has 0 atom stereocenters. The molecule has 0 amide bonds. The Kier molecular flexibility index (Phi) is 4.63. The maximum atomic E-state index is 2.42. The summed E-state index contributed by atoms with van der Waals surface area (Å²) < 4.78 is 5.32. The molecule has 0 bridgehead atoms. The van der Waals surface area contributed by atoms with Crippen molar-refractivity contribution < 1.29 is 0 Å². The van der Waals surface area contributed by atoms with E-state index in [1.54, 1.807) is 0 Å². The second-order valence-electron chi connectivity index (χ2n) is 9.37. The van der Waals surface area contributed by atoms with Gasteiger partial charge in [-0.25, -0.2) is 0 Å². The first-order chi connectivity index (χ1) is 18.3. The summed E-state index contributed by atoms with van der Waals surface area (Å²) in [6, 6.07) is 46.4.